The van der Waals surface area contributed by atoms with E-state index < -0.39 is 11.4 Å². The first-order valence-electron chi connectivity index (χ1n) is 5.30. The molecule has 4 heteroatoms. The summed E-state index contributed by atoms with van der Waals surface area (Å²) < 4.78 is 18.4. The van der Waals surface area contributed by atoms with Gasteiger partial charge in [-0.25, -0.2) is 4.39 Å². The van der Waals surface area contributed by atoms with Gasteiger partial charge in [-0.2, -0.15) is 11.8 Å². The lowest BCUT2D eigenvalue weighted by Crippen LogP contribution is -2.30. The standard InChI is InChI=1S/C12H15FO2S/c1-15-11-3-2-9(8-10(11)13)12(14)4-6-16-7-5-12/h2-3,8,14H,4-7H2,1H3. The molecule has 16 heavy (non-hydrogen) atoms. The summed E-state index contributed by atoms with van der Waals surface area (Å²) >= 11 is 1.83. The van der Waals surface area contributed by atoms with E-state index in [9.17, 15) is 9.50 Å². The van der Waals surface area contributed by atoms with Crippen LogP contribution in [0.2, 0.25) is 0 Å². The second-order valence-electron chi connectivity index (χ2n) is 3.99. The van der Waals surface area contributed by atoms with Crippen molar-refractivity contribution in [2.24, 2.45) is 0 Å². The lowest BCUT2D eigenvalue weighted by molar-refractivity contribution is 0.0277. The van der Waals surface area contributed by atoms with E-state index in [-0.39, 0.29) is 5.75 Å². The van der Waals surface area contributed by atoms with Gasteiger partial charge in [0.15, 0.2) is 11.6 Å². The minimum absolute atomic E-state index is 0.220. The molecule has 0 amide bonds. The number of hydrogen-bond acceptors (Lipinski definition) is 3. The number of aliphatic hydroxyl groups is 1. The Morgan fingerprint density at radius 2 is 2.06 bits per heavy atom. The van der Waals surface area contributed by atoms with E-state index in [1.807, 2.05) is 11.8 Å². The van der Waals surface area contributed by atoms with Crippen LogP contribution < -0.4 is 4.74 Å². The van der Waals surface area contributed by atoms with Gasteiger partial charge in [-0.15, -0.1) is 0 Å². The molecule has 1 N–H and O–H groups in total. The molecule has 1 heterocycles. The van der Waals surface area contributed by atoms with Crippen molar-refractivity contribution in [2.75, 3.05) is 18.6 Å². The molecular formula is C12H15FO2S. The lowest BCUT2D eigenvalue weighted by atomic mass is 9.88. The fourth-order valence-corrected chi connectivity index (χ4v) is 3.12. The van der Waals surface area contributed by atoms with Gasteiger partial charge < -0.3 is 9.84 Å². The highest BCUT2D eigenvalue weighted by Gasteiger charge is 2.32. The minimum Gasteiger partial charge on any atom is -0.494 e. The Morgan fingerprint density at radius 1 is 1.38 bits per heavy atom. The lowest BCUT2D eigenvalue weighted by Gasteiger charge is -2.32. The van der Waals surface area contributed by atoms with Crippen LogP contribution >= 0.6 is 11.8 Å². The van der Waals surface area contributed by atoms with Gasteiger partial charge in [0.2, 0.25) is 0 Å². The van der Waals surface area contributed by atoms with Crippen molar-refractivity contribution >= 4 is 11.8 Å². The monoisotopic (exact) mass is 242 g/mol. The largest absolute Gasteiger partial charge is 0.494 e. The maximum absolute atomic E-state index is 13.5. The SMILES string of the molecule is COc1ccc(C2(O)CCSCC2)cc1F. The van der Waals surface area contributed by atoms with Crippen LogP contribution in [0.4, 0.5) is 4.39 Å². The number of hydrogen-bond donors (Lipinski definition) is 1. The van der Waals surface area contributed by atoms with Crippen LogP contribution in [-0.2, 0) is 5.60 Å². The van der Waals surface area contributed by atoms with E-state index >= 15 is 0 Å². The molecular weight excluding hydrogens is 227 g/mol. The summed E-state index contributed by atoms with van der Waals surface area (Å²) in [4.78, 5) is 0. The highest BCUT2D eigenvalue weighted by molar-refractivity contribution is 7.99. The Hall–Kier alpha value is -0.740. The highest BCUT2D eigenvalue weighted by Crippen LogP contribution is 2.36. The van der Waals surface area contributed by atoms with Gasteiger partial charge in [-0.3, -0.25) is 0 Å². The number of ether oxygens (including phenoxy) is 1. The van der Waals surface area contributed by atoms with Crippen molar-refractivity contribution in [3.05, 3.63) is 29.6 Å². The predicted molar refractivity (Wildman–Crippen MR) is 63.4 cm³/mol. The van der Waals surface area contributed by atoms with Crippen LogP contribution in [0.15, 0.2) is 18.2 Å². The van der Waals surface area contributed by atoms with Gasteiger partial charge >= 0.3 is 0 Å². The summed E-state index contributed by atoms with van der Waals surface area (Å²) in [6, 6.07) is 4.71. The van der Waals surface area contributed by atoms with Gasteiger partial charge in [0, 0.05) is 0 Å². The van der Waals surface area contributed by atoms with Crippen LogP contribution in [0.1, 0.15) is 18.4 Å². The molecule has 1 aromatic carbocycles. The Kier molecular flexibility index (Phi) is 3.40. The van der Waals surface area contributed by atoms with Crippen molar-refractivity contribution in [3.63, 3.8) is 0 Å². The molecule has 2 nitrogen and oxygen atoms in total. The maximum Gasteiger partial charge on any atom is 0.165 e. The van der Waals surface area contributed by atoms with Gasteiger partial charge in [0.05, 0.1) is 12.7 Å². The van der Waals surface area contributed by atoms with Crippen molar-refractivity contribution in [2.45, 2.75) is 18.4 Å². The Balaban J connectivity index is 2.29. The first-order valence-corrected chi connectivity index (χ1v) is 6.45. The topological polar surface area (TPSA) is 29.5 Å². The molecule has 0 atom stereocenters. The number of halogens is 1. The molecule has 0 bridgehead atoms. The first kappa shape index (κ1) is 11.7. The summed E-state index contributed by atoms with van der Waals surface area (Å²) in [6.07, 6.45) is 1.37. The quantitative estimate of drug-likeness (QED) is 0.864. The second kappa shape index (κ2) is 4.63. The predicted octanol–water partition coefficient (Wildman–Crippen LogP) is 2.55. The number of benzene rings is 1. The Morgan fingerprint density at radius 3 is 2.62 bits per heavy atom. The third kappa shape index (κ3) is 2.18. The molecule has 1 fully saturated rings. The normalized spacial score (nSPS) is 19.4. The molecule has 0 aromatic heterocycles. The Bertz CT molecular complexity index is 375. The summed E-state index contributed by atoms with van der Waals surface area (Å²) in [5.74, 6) is 1.65. The van der Waals surface area contributed by atoms with E-state index in [0.717, 1.165) is 11.5 Å². The van der Waals surface area contributed by atoms with Gasteiger partial charge in [0.1, 0.15) is 0 Å². The molecule has 0 unspecified atom stereocenters. The molecule has 0 saturated carbocycles. The molecule has 0 aliphatic carbocycles. The third-order valence-electron chi connectivity index (χ3n) is 3.01. The molecule has 1 saturated heterocycles. The van der Waals surface area contributed by atoms with Crippen molar-refractivity contribution in [1.29, 1.82) is 0 Å². The molecule has 88 valence electrons. The maximum atomic E-state index is 13.5. The number of rotatable bonds is 2. The first-order chi connectivity index (χ1) is 7.65. The van der Waals surface area contributed by atoms with Crippen LogP contribution in [0.25, 0.3) is 0 Å². The van der Waals surface area contributed by atoms with E-state index in [0.29, 0.717) is 18.4 Å². The summed E-state index contributed by atoms with van der Waals surface area (Å²) in [5, 5.41) is 10.4. The minimum atomic E-state index is -0.863. The third-order valence-corrected chi connectivity index (χ3v) is 3.99. The van der Waals surface area contributed by atoms with Crippen LogP contribution in [-0.4, -0.2) is 23.7 Å². The van der Waals surface area contributed by atoms with Crippen molar-refractivity contribution in [3.8, 4) is 5.75 Å². The molecule has 0 spiro atoms. The fourth-order valence-electron chi connectivity index (χ4n) is 1.95. The second-order valence-corrected chi connectivity index (χ2v) is 5.22. The van der Waals surface area contributed by atoms with Gasteiger partial charge in [0.25, 0.3) is 0 Å². The molecule has 1 aliphatic heterocycles. The molecule has 1 aliphatic rings. The van der Waals surface area contributed by atoms with Crippen LogP contribution in [0, 0.1) is 5.82 Å². The molecule has 0 radical (unpaired) electrons. The average molecular weight is 242 g/mol. The Labute approximate surface area is 98.8 Å². The number of thioether (sulfide) groups is 1. The van der Waals surface area contributed by atoms with Crippen molar-refractivity contribution < 1.29 is 14.2 Å². The highest BCUT2D eigenvalue weighted by atomic mass is 32.2. The van der Waals surface area contributed by atoms with E-state index in [4.69, 9.17) is 4.74 Å². The van der Waals surface area contributed by atoms with Gasteiger partial charge in [-0.05, 0) is 42.0 Å². The zero-order chi connectivity index (χ0) is 11.6. The van der Waals surface area contributed by atoms with Crippen LogP contribution in [0.3, 0.4) is 0 Å². The average Bonchev–Trinajstić information content (AvgIpc) is 2.30. The zero-order valence-electron chi connectivity index (χ0n) is 9.20. The van der Waals surface area contributed by atoms with E-state index in [2.05, 4.69) is 0 Å². The van der Waals surface area contributed by atoms with Crippen molar-refractivity contribution in [1.82, 2.24) is 0 Å². The fraction of sp³-hybridized carbons (Fsp3) is 0.500. The van der Waals surface area contributed by atoms with Gasteiger partial charge in [-0.1, -0.05) is 6.07 Å². The summed E-state index contributed by atoms with van der Waals surface area (Å²) in [6.45, 7) is 0. The number of methoxy groups -OCH3 is 1. The summed E-state index contributed by atoms with van der Waals surface area (Å²) in [5.41, 5.74) is -0.204. The van der Waals surface area contributed by atoms with E-state index in [1.165, 1.54) is 13.2 Å². The smallest absolute Gasteiger partial charge is 0.165 e. The van der Waals surface area contributed by atoms with E-state index in [1.54, 1.807) is 12.1 Å². The molecule has 2 rings (SSSR count). The zero-order valence-corrected chi connectivity index (χ0v) is 10.0. The molecule has 1 aromatic rings. The summed E-state index contributed by atoms with van der Waals surface area (Å²) in [7, 11) is 1.43. The van der Waals surface area contributed by atoms with Crippen LogP contribution in [0.5, 0.6) is 5.75 Å².